The van der Waals surface area contributed by atoms with Crippen LogP contribution in [0.5, 0.6) is 0 Å². The minimum atomic E-state index is 0.133. The maximum Gasteiger partial charge on any atom is 0.0459 e. The van der Waals surface area contributed by atoms with E-state index in [-0.39, 0.29) is 6.04 Å². The Kier molecular flexibility index (Phi) is 4.75. The molecule has 2 nitrogen and oxygen atoms in total. The standard InChI is InChI=1S/C16H25ClN2/c1-11(2)19(10-13-7-8-13)16-6-4-5-15(17)14(16)9-12(3)18/h4-6,11-13H,7-10,18H2,1-3H3. The maximum atomic E-state index is 6.39. The fraction of sp³-hybridized carbons (Fsp3) is 0.625. The van der Waals surface area contributed by atoms with Gasteiger partial charge in [-0.2, -0.15) is 0 Å². The van der Waals surface area contributed by atoms with E-state index in [1.807, 2.05) is 19.1 Å². The van der Waals surface area contributed by atoms with E-state index in [4.69, 9.17) is 17.3 Å². The molecular weight excluding hydrogens is 256 g/mol. The first-order valence-electron chi connectivity index (χ1n) is 7.28. The minimum absolute atomic E-state index is 0.133. The topological polar surface area (TPSA) is 29.3 Å². The van der Waals surface area contributed by atoms with Gasteiger partial charge >= 0.3 is 0 Å². The first kappa shape index (κ1) is 14.7. The lowest BCUT2D eigenvalue weighted by atomic mass is 10.0. The first-order valence-corrected chi connectivity index (χ1v) is 7.66. The van der Waals surface area contributed by atoms with E-state index in [1.54, 1.807) is 0 Å². The second-order valence-corrected chi connectivity index (χ2v) is 6.52. The van der Waals surface area contributed by atoms with Gasteiger partial charge in [0.05, 0.1) is 0 Å². The number of rotatable bonds is 6. The summed E-state index contributed by atoms with van der Waals surface area (Å²) in [5.41, 5.74) is 8.45. The van der Waals surface area contributed by atoms with E-state index in [9.17, 15) is 0 Å². The summed E-state index contributed by atoms with van der Waals surface area (Å²) in [6.45, 7) is 7.68. The van der Waals surface area contributed by atoms with Gasteiger partial charge in [0.1, 0.15) is 0 Å². The average molecular weight is 281 g/mol. The highest BCUT2D eigenvalue weighted by molar-refractivity contribution is 6.31. The van der Waals surface area contributed by atoms with Gasteiger partial charge in [-0.1, -0.05) is 17.7 Å². The maximum absolute atomic E-state index is 6.39. The SMILES string of the molecule is CC(N)Cc1c(Cl)cccc1N(CC1CC1)C(C)C. The van der Waals surface area contributed by atoms with Crippen LogP contribution in [0.15, 0.2) is 18.2 Å². The largest absolute Gasteiger partial charge is 0.369 e. The normalized spacial score (nSPS) is 16.7. The van der Waals surface area contributed by atoms with Gasteiger partial charge in [0.25, 0.3) is 0 Å². The van der Waals surface area contributed by atoms with Gasteiger partial charge in [-0.05, 0) is 63.6 Å². The quantitative estimate of drug-likeness (QED) is 0.857. The molecule has 0 amide bonds. The second kappa shape index (κ2) is 6.15. The van der Waals surface area contributed by atoms with Gasteiger partial charge in [0.2, 0.25) is 0 Å². The van der Waals surface area contributed by atoms with Crippen molar-refractivity contribution in [3.63, 3.8) is 0 Å². The monoisotopic (exact) mass is 280 g/mol. The number of anilines is 1. The van der Waals surface area contributed by atoms with Gasteiger partial charge in [-0.15, -0.1) is 0 Å². The fourth-order valence-corrected chi connectivity index (χ4v) is 2.75. The van der Waals surface area contributed by atoms with Crippen molar-refractivity contribution in [1.82, 2.24) is 0 Å². The predicted molar refractivity (Wildman–Crippen MR) is 84.0 cm³/mol. The van der Waals surface area contributed by atoms with Crippen LogP contribution in [0.4, 0.5) is 5.69 Å². The Hall–Kier alpha value is -0.730. The van der Waals surface area contributed by atoms with E-state index in [0.29, 0.717) is 6.04 Å². The van der Waals surface area contributed by atoms with E-state index in [0.717, 1.165) is 23.9 Å². The molecule has 2 N–H and O–H groups in total. The first-order chi connectivity index (χ1) is 8.99. The number of benzene rings is 1. The van der Waals surface area contributed by atoms with Crippen LogP contribution in [0.1, 0.15) is 39.2 Å². The molecule has 1 unspecified atom stereocenters. The Morgan fingerprint density at radius 2 is 2.00 bits per heavy atom. The molecule has 0 bridgehead atoms. The average Bonchev–Trinajstić information content (AvgIpc) is 3.12. The van der Waals surface area contributed by atoms with Gasteiger partial charge in [-0.3, -0.25) is 0 Å². The summed E-state index contributed by atoms with van der Waals surface area (Å²) < 4.78 is 0. The fourth-order valence-electron chi connectivity index (χ4n) is 2.51. The summed E-state index contributed by atoms with van der Waals surface area (Å²) >= 11 is 6.39. The lowest BCUT2D eigenvalue weighted by Crippen LogP contribution is -2.34. The van der Waals surface area contributed by atoms with Crippen LogP contribution < -0.4 is 10.6 Å². The van der Waals surface area contributed by atoms with Crippen LogP contribution in [0.2, 0.25) is 5.02 Å². The Morgan fingerprint density at radius 1 is 1.32 bits per heavy atom. The summed E-state index contributed by atoms with van der Waals surface area (Å²) in [7, 11) is 0. The molecule has 1 fully saturated rings. The summed E-state index contributed by atoms with van der Waals surface area (Å²) in [5.74, 6) is 0.865. The number of halogens is 1. The van der Waals surface area contributed by atoms with Gasteiger partial charge < -0.3 is 10.6 Å². The lowest BCUT2D eigenvalue weighted by Gasteiger charge is -2.32. The Morgan fingerprint density at radius 3 is 2.53 bits per heavy atom. The molecule has 1 aromatic rings. The van der Waals surface area contributed by atoms with Gasteiger partial charge in [0.15, 0.2) is 0 Å². The molecule has 19 heavy (non-hydrogen) atoms. The Labute approximate surface area is 121 Å². The minimum Gasteiger partial charge on any atom is -0.369 e. The number of hydrogen-bond acceptors (Lipinski definition) is 2. The van der Waals surface area contributed by atoms with E-state index < -0.39 is 0 Å². The second-order valence-electron chi connectivity index (χ2n) is 6.11. The van der Waals surface area contributed by atoms with Crippen LogP contribution >= 0.6 is 11.6 Å². The number of hydrogen-bond donors (Lipinski definition) is 1. The molecule has 3 heteroatoms. The zero-order chi connectivity index (χ0) is 14.0. The molecule has 106 valence electrons. The van der Waals surface area contributed by atoms with Crippen molar-refractivity contribution in [2.75, 3.05) is 11.4 Å². The molecule has 1 atom stereocenters. The summed E-state index contributed by atoms with van der Waals surface area (Å²) in [4.78, 5) is 2.49. The van der Waals surface area contributed by atoms with Crippen molar-refractivity contribution >= 4 is 17.3 Å². The van der Waals surface area contributed by atoms with Crippen LogP contribution in [0, 0.1) is 5.92 Å². The van der Waals surface area contributed by atoms with Crippen molar-refractivity contribution < 1.29 is 0 Å². The van der Waals surface area contributed by atoms with E-state index in [1.165, 1.54) is 24.1 Å². The summed E-state index contributed by atoms with van der Waals surface area (Å²) in [6, 6.07) is 6.83. The molecule has 0 aromatic heterocycles. The third-order valence-electron chi connectivity index (χ3n) is 3.70. The highest BCUT2D eigenvalue weighted by Crippen LogP contribution is 2.35. The van der Waals surface area contributed by atoms with Crippen molar-refractivity contribution in [3.8, 4) is 0 Å². The highest BCUT2D eigenvalue weighted by Gasteiger charge is 2.27. The molecule has 0 heterocycles. The smallest absolute Gasteiger partial charge is 0.0459 e. The van der Waals surface area contributed by atoms with E-state index in [2.05, 4.69) is 24.8 Å². The lowest BCUT2D eigenvalue weighted by molar-refractivity contribution is 0.637. The van der Waals surface area contributed by atoms with Gasteiger partial charge in [0, 0.05) is 29.3 Å². The van der Waals surface area contributed by atoms with Crippen LogP contribution in [-0.4, -0.2) is 18.6 Å². The predicted octanol–water partition coefficient (Wildman–Crippen LogP) is 3.85. The molecule has 0 spiro atoms. The molecule has 1 aromatic carbocycles. The molecule has 2 rings (SSSR count). The van der Waals surface area contributed by atoms with Crippen molar-refractivity contribution in [2.24, 2.45) is 11.7 Å². The van der Waals surface area contributed by atoms with Crippen molar-refractivity contribution in [1.29, 1.82) is 0 Å². The molecule has 1 aliphatic carbocycles. The molecule has 0 saturated heterocycles. The Bertz CT molecular complexity index is 425. The van der Waals surface area contributed by atoms with Crippen LogP contribution in [0.25, 0.3) is 0 Å². The zero-order valence-corrected chi connectivity index (χ0v) is 13.0. The van der Waals surface area contributed by atoms with Crippen LogP contribution in [-0.2, 0) is 6.42 Å². The highest BCUT2D eigenvalue weighted by atomic mass is 35.5. The molecule has 0 aliphatic heterocycles. The third kappa shape index (κ3) is 3.87. The van der Waals surface area contributed by atoms with E-state index >= 15 is 0 Å². The molecule has 0 radical (unpaired) electrons. The van der Waals surface area contributed by atoms with Gasteiger partial charge in [-0.25, -0.2) is 0 Å². The Balaban J connectivity index is 2.31. The van der Waals surface area contributed by atoms with Crippen molar-refractivity contribution in [3.05, 3.63) is 28.8 Å². The van der Waals surface area contributed by atoms with Crippen LogP contribution in [0.3, 0.4) is 0 Å². The third-order valence-corrected chi connectivity index (χ3v) is 4.06. The number of nitrogens with zero attached hydrogens (tertiary/aromatic N) is 1. The molecule has 1 aliphatic rings. The molecular formula is C16H25ClN2. The summed E-state index contributed by atoms with van der Waals surface area (Å²) in [5, 5.41) is 0.844. The van der Waals surface area contributed by atoms with Crippen molar-refractivity contribution in [2.45, 2.75) is 52.1 Å². The summed E-state index contributed by atoms with van der Waals surface area (Å²) in [6.07, 6.45) is 3.57. The molecule has 1 saturated carbocycles. The zero-order valence-electron chi connectivity index (χ0n) is 12.2. The number of nitrogens with two attached hydrogens (primary N) is 1.